The molecule has 1 N–H and O–H groups in total. The first-order valence-corrected chi connectivity index (χ1v) is 9.33. The Labute approximate surface area is 160 Å². The van der Waals surface area contributed by atoms with E-state index in [0.717, 1.165) is 16.3 Å². The van der Waals surface area contributed by atoms with Gasteiger partial charge in [-0.25, -0.2) is 14.3 Å². The number of carbonyl (C=O) groups excluding carboxylic acids is 2. The summed E-state index contributed by atoms with van der Waals surface area (Å²) in [4.78, 5) is 33.0. The van der Waals surface area contributed by atoms with Crippen LogP contribution in [0.3, 0.4) is 0 Å². The Bertz CT molecular complexity index is 955. The third kappa shape index (κ3) is 5.04. The van der Waals surface area contributed by atoms with Crippen molar-refractivity contribution in [3.8, 4) is 0 Å². The number of aryl methyl sites for hydroxylation is 2. The van der Waals surface area contributed by atoms with E-state index in [1.807, 2.05) is 38.1 Å². The number of amides is 1. The van der Waals surface area contributed by atoms with Crippen molar-refractivity contribution in [3.05, 3.63) is 53.6 Å². The summed E-state index contributed by atoms with van der Waals surface area (Å²) in [7, 11) is 0. The number of nitrogens with one attached hydrogen (secondary N) is 1. The van der Waals surface area contributed by atoms with Crippen LogP contribution in [-0.4, -0.2) is 50.4 Å². The van der Waals surface area contributed by atoms with Gasteiger partial charge in [-0.3, -0.25) is 4.79 Å². The first kappa shape index (κ1) is 18.8. The second-order valence-corrected chi connectivity index (χ2v) is 6.99. The third-order valence-electron chi connectivity index (χ3n) is 3.66. The fourth-order valence-corrected chi connectivity index (χ4v) is 3.00. The molecule has 0 aliphatic carbocycles. The lowest BCUT2D eigenvalue weighted by Gasteiger charge is -2.06. The molecule has 0 unspecified atom stereocenters. The van der Waals surface area contributed by atoms with Gasteiger partial charge in [-0.1, -0.05) is 17.7 Å². The van der Waals surface area contributed by atoms with Crippen LogP contribution in [-0.2, 0) is 9.53 Å². The van der Waals surface area contributed by atoms with Gasteiger partial charge in [0.15, 0.2) is 6.61 Å². The van der Waals surface area contributed by atoms with E-state index < -0.39 is 5.97 Å². The number of rotatable bonds is 7. The molecule has 0 spiro atoms. The summed E-state index contributed by atoms with van der Waals surface area (Å²) in [6.07, 6.45) is 1.58. The number of hydrogen-bond acceptors (Lipinski definition) is 7. The highest BCUT2D eigenvalue weighted by molar-refractivity contribution is 7.99. The number of fused-ring (bicyclic) bond motifs is 1. The number of hydrogen-bond donors (Lipinski definition) is 1. The summed E-state index contributed by atoms with van der Waals surface area (Å²) >= 11 is 1.64. The predicted octanol–water partition coefficient (Wildman–Crippen LogP) is 1.81. The van der Waals surface area contributed by atoms with Gasteiger partial charge in [-0.05, 0) is 32.0 Å². The number of esters is 1. The molecule has 8 nitrogen and oxygen atoms in total. The second-order valence-electron chi connectivity index (χ2n) is 5.82. The monoisotopic (exact) mass is 385 g/mol. The molecule has 27 heavy (non-hydrogen) atoms. The largest absolute Gasteiger partial charge is 0.450 e. The highest BCUT2D eigenvalue weighted by Crippen LogP contribution is 2.17. The van der Waals surface area contributed by atoms with Gasteiger partial charge < -0.3 is 10.1 Å². The van der Waals surface area contributed by atoms with E-state index in [-0.39, 0.29) is 18.3 Å². The van der Waals surface area contributed by atoms with Crippen LogP contribution in [0.25, 0.3) is 5.78 Å². The quantitative estimate of drug-likeness (QED) is 0.376. The van der Waals surface area contributed by atoms with Crippen LogP contribution in [0.15, 0.2) is 41.4 Å². The molecular formula is C18H19N5O3S. The van der Waals surface area contributed by atoms with Gasteiger partial charge in [0.05, 0.1) is 0 Å². The van der Waals surface area contributed by atoms with Gasteiger partial charge >= 0.3 is 5.97 Å². The maximum absolute atomic E-state index is 12.0. The van der Waals surface area contributed by atoms with Crippen LogP contribution in [0, 0.1) is 13.8 Å². The Morgan fingerprint density at radius 1 is 1.19 bits per heavy atom. The molecule has 0 saturated heterocycles. The maximum Gasteiger partial charge on any atom is 0.378 e. The summed E-state index contributed by atoms with van der Waals surface area (Å²) in [6, 6.07) is 9.93. The highest BCUT2D eigenvalue weighted by Gasteiger charge is 2.17. The van der Waals surface area contributed by atoms with Gasteiger partial charge in [0.2, 0.25) is 0 Å². The molecule has 0 aliphatic rings. The molecule has 0 radical (unpaired) electrons. The van der Waals surface area contributed by atoms with Crippen LogP contribution in [0.4, 0.5) is 0 Å². The van der Waals surface area contributed by atoms with Crippen molar-refractivity contribution in [1.82, 2.24) is 24.9 Å². The summed E-state index contributed by atoms with van der Waals surface area (Å²) in [6.45, 7) is 3.95. The van der Waals surface area contributed by atoms with Crippen molar-refractivity contribution in [2.45, 2.75) is 18.7 Å². The van der Waals surface area contributed by atoms with Crippen LogP contribution in [0.1, 0.15) is 21.9 Å². The molecular weight excluding hydrogens is 366 g/mol. The summed E-state index contributed by atoms with van der Waals surface area (Å²) < 4.78 is 6.41. The Morgan fingerprint density at radius 3 is 2.70 bits per heavy atom. The Morgan fingerprint density at radius 2 is 1.96 bits per heavy atom. The van der Waals surface area contributed by atoms with Crippen molar-refractivity contribution >= 4 is 29.4 Å². The van der Waals surface area contributed by atoms with E-state index in [2.05, 4.69) is 20.4 Å². The zero-order valence-electron chi connectivity index (χ0n) is 15.0. The number of ether oxygens (including phenoxy) is 1. The van der Waals surface area contributed by atoms with Gasteiger partial charge in [-0.15, -0.1) is 16.9 Å². The van der Waals surface area contributed by atoms with Gasteiger partial charge in [0.25, 0.3) is 17.5 Å². The summed E-state index contributed by atoms with van der Waals surface area (Å²) in [5.74, 6) is -0.226. The van der Waals surface area contributed by atoms with E-state index in [9.17, 15) is 9.59 Å². The molecule has 1 aromatic carbocycles. The summed E-state index contributed by atoms with van der Waals surface area (Å²) in [5.41, 5.74) is 2.00. The van der Waals surface area contributed by atoms with E-state index in [1.165, 1.54) is 10.1 Å². The number of nitrogens with zero attached hydrogens (tertiary/aromatic N) is 4. The zero-order valence-corrected chi connectivity index (χ0v) is 15.8. The van der Waals surface area contributed by atoms with Crippen LogP contribution in [0.2, 0.25) is 0 Å². The lowest BCUT2D eigenvalue weighted by atomic mass is 10.2. The first-order chi connectivity index (χ1) is 13.0. The topological polar surface area (TPSA) is 98.5 Å². The molecule has 3 aromatic rings. The van der Waals surface area contributed by atoms with Crippen molar-refractivity contribution in [1.29, 1.82) is 0 Å². The normalized spacial score (nSPS) is 10.7. The minimum Gasteiger partial charge on any atom is -0.450 e. The number of carbonyl (C=O) groups is 2. The van der Waals surface area contributed by atoms with Gasteiger partial charge in [0.1, 0.15) is 0 Å². The molecule has 2 aromatic heterocycles. The average molecular weight is 385 g/mol. The average Bonchev–Trinajstić information content (AvgIpc) is 3.10. The highest BCUT2D eigenvalue weighted by atomic mass is 32.2. The fourth-order valence-electron chi connectivity index (χ4n) is 2.23. The van der Waals surface area contributed by atoms with Crippen molar-refractivity contribution in [2.24, 2.45) is 0 Å². The van der Waals surface area contributed by atoms with E-state index in [4.69, 9.17) is 4.74 Å². The molecule has 0 bridgehead atoms. The Balaban J connectivity index is 1.41. The maximum atomic E-state index is 12.0. The molecule has 140 valence electrons. The van der Waals surface area contributed by atoms with E-state index in [0.29, 0.717) is 12.3 Å². The SMILES string of the molecule is Cc1ccc(SCCNC(=O)COC(=O)c2nc3nccc(C)n3n2)cc1. The molecule has 2 heterocycles. The molecule has 0 saturated carbocycles. The molecule has 9 heteroatoms. The molecule has 0 atom stereocenters. The standard InChI is InChI=1S/C18H19N5O3S/c1-12-3-5-14(6-4-12)27-10-9-19-15(24)11-26-17(25)16-21-18-20-8-7-13(2)23(18)22-16/h3-8H,9-11H2,1-2H3,(H,19,24). The minimum atomic E-state index is -0.760. The lowest BCUT2D eigenvalue weighted by molar-refractivity contribution is -0.124. The first-order valence-electron chi connectivity index (χ1n) is 8.34. The van der Waals surface area contributed by atoms with Gasteiger partial charge in [-0.2, -0.15) is 4.98 Å². The van der Waals surface area contributed by atoms with Crippen molar-refractivity contribution < 1.29 is 14.3 Å². The second kappa shape index (κ2) is 8.63. The van der Waals surface area contributed by atoms with E-state index in [1.54, 1.807) is 24.0 Å². The Kier molecular flexibility index (Phi) is 6.02. The molecule has 0 aliphatic heterocycles. The van der Waals surface area contributed by atoms with Crippen LogP contribution in [0.5, 0.6) is 0 Å². The molecule has 0 fully saturated rings. The lowest BCUT2D eigenvalue weighted by Crippen LogP contribution is -2.30. The predicted molar refractivity (Wildman–Crippen MR) is 101 cm³/mol. The number of benzene rings is 1. The zero-order chi connectivity index (χ0) is 19.2. The smallest absolute Gasteiger partial charge is 0.378 e. The Hall–Kier alpha value is -2.94. The van der Waals surface area contributed by atoms with Gasteiger partial charge in [0, 0.05) is 29.1 Å². The third-order valence-corrected chi connectivity index (χ3v) is 4.67. The van der Waals surface area contributed by atoms with Crippen LogP contribution >= 0.6 is 11.8 Å². The van der Waals surface area contributed by atoms with Crippen molar-refractivity contribution in [2.75, 3.05) is 18.9 Å². The minimum absolute atomic E-state index is 0.125. The van der Waals surface area contributed by atoms with E-state index >= 15 is 0 Å². The summed E-state index contributed by atoms with van der Waals surface area (Å²) in [5, 5.41) is 6.75. The number of thioether (sulfide) groups is 1. The molecule has 1 amide bonds. The van der Waals surface area contributed by atoms with Crippen LogP contribution < -0.4 is 5.32 Å². The molecule has 3 rings (SSSR count). The van der Waals surface area contributed by atoms with Crippen molar-refractivity contribution in [3.63, 3.8) is 0 Å². The fraction of sp³-hybridized carbons (Fsp3) is 0.278. The number of aromatic nitrogens is 4.